The van der Waals surface area contributed by atoms with Gasteiger partial charge in [0.05, 0.1) is 0 Å². The molecule has 0 atom stereocenters. The molecule has 0 saturated heterocycles. The lowest BCUT2D eigenvalue weighted by molar-refractivity contribution is -0.449. The van der Waals surface area contributed by atoms with E-state index >= 15 is 0 Å². The second kappa shape index (κ2) is 16.2. The van der Waals surface area contributed by atoms with Gasteiger partial charge in [-0.2, -0.15) is 13.0 Å². The maximum absolute atomic E-state index is 12.7. The van der Waals surface area contributed by atoms with Crippen LogP contribution in [0.25, 0.3) is 5.57 Å². The van der Waals surface area contributed by atoms with Gasteiger partial charge < -0.3 is 4.90 Å². The van der Waals surface area contributed by atoms with Gasteiger partial charge in [-0.1, -0.05) is 105 Å². The summed E-state index contributed by atoms with van der Waals surface area (Å²) in [6.07, 6.45) is 21.3. The molecule has 0 spiro atoms. The summed E-state index contributed by atoms with van der Waals surface area (Å²) in [5.74, 6) is 1.30. The number of rotatable bonds is 10. The SMILES string of the molecule is O=S(=O)(O)c1ccccc1C(=C1C=CC(=[N+](CC2CCCCC2)c2ccccc2)C=C1)c1ccc(N(CC2CCCCC2)c2ccccc2)cc1. The molecule has 6 heteroatoms. The highest BCUT2D eigenvalue weighted by atomic mass is 32.2. The van der Waals surface area contributed by atoms with Gasteiger partial charge in [-0.25, -0.2) is 0 Å². The lowest BCUT2D eigenvalue weighted by atomic mass is 9.88. The van der Waals surface area contributed by atoms with E-state index in [1.807, 2.05) is 6.07 Å². The van der Waals surface area contributed by atoms with Crippen molar-refractivity contribution in [2.24, 2.45) is 11.8 Å². The van der Waals surface area contributed by atoms with Crippen molar-refractivity contribution in [3.8, 4) is 0 Å². The molecule has 262 valence electrons. The van der Waals surface area contributed by atoms with Crippen LogP contribution in [-0.4, -0.2) is 36.3 Å². The zero-order valence-corrected chi connectivity index (χ0v) is 30.2. The number of anilines is 2. The molecule has 0 aliphatic heterocycles. The third-order valence-electron chi connectivity index (χ3n) is 10.8. The summed E-state index contributed by atoms with van der Waals surface area (Å²) < 4.78 is 38.2. The Hall–Kier alpha value is -4.52. The molecule has 2 saturated carbocycles. The Labute approximate surface area is 304 Å². The van der Waals surface area contributed by atoms with Crippen LogP contribution in [0.3, 0.4) is 0 Å². The van der Waals surface area contributed by atoms with Crippen LogP contribution in [0.15, 0.2) is 144 Å². The van der Waals surface area contributed by atoms with Crippen molar-refractivity contribution in [2.45, 2.75) is 69.1 Å². The summed E-state index contributed by atoms with van der Waals surface area (Å²) in [5, 5.41) is 0. The van der Waals surface area contributed by atoms with Crippen molar-refractivity contribution in [3.63, 3.8) is 0 Å². The molecular formula is C45H49N2O3S+. The molecule has 51 heavy (non-hydrogen) atoms. The van der Waals surface area contributed by atoms with Crippen molar-refractivity contribution in [1.82, 2.24) is 0 Å². The Kier molecular flexibility index (Phi) is 11.1. The topological polar surface area (TPSA) is 60.6 Å². The number of allylic oxidation sites excluding steroid dienone is 5. The molecule has 3 aliphatic rings. The van der Waals surface area contributed by atoms with Gasteiger partial charge in [0.25, 0.3) is 10.1 Å². The molecule has 3 aliphatic carbocycles. The van der Waals surface area contributed by atoms with Gasteiger partial charge in [-0.15, -0.1) is 0 Å². The van der Waals surface area contributed by atoms with E-state index in [1.54, 1.807) is 12.1 Å². The van der Waals surface area contributed by atoms with E-state index in [0.29, 0.717) is 17.4 Å². The standard InChI is InChI=1S/C45H48N2O3S/c48-51(49,50)44-24-14-13-23-43(44)45(37-25-29-41(30-26-37)46(39-19-9-3-10-20-39)33-35-15-5-1-6-16-35)38-27-31-42(32-28-38)47(40-21-11-4-12-22-40)34-36-17-7-2-8-18-36/h3-4,9-14,19-32,35-36H,1-2,5-8,15-18,33-34H2/p+1. The van der Waals surface area contributed by atoms with Gasteiger partial charge >= 0.3 is 0 Å². The Morgan fingerprint density at radius 3 is 1.80 bits per heavy atom. The van der Waals surface area contributed by atoms with Gasteiger partial charge in [0.2, 0.25) is 11.4 Å². The Bertz CT molecular complexity index is 2000. The van der Waals surface area contributed by atoms with E-state index in [0.717, 1.165) is 41.2 Å². The Morgan fingerprint density at radius 2 is 1.18 bits per heavy atom. The van der Waals surface area contributed by atoms with Gasteiger partial charge in [0.1, 0.15) is 4.90 Å². The number of hydrogen-bond donors (Lipinski definition) is 1. The first-order chi connectivity index (χ1) is 24.9. The molecule has 7 rings (SSSR count). The summed E-state index contributed by atoms with van der Waals surface area (Å²) in [7, 11) is -4.48. The van der Waals surface area contributed by atoms with E-state index in [-0.39, 0.29) is 4.90 Å². The summed E-state index contributed by atoms with van der Waals surface area (Å²) in [4.78, 5) is 2.32. The molecule has 1 N–H and O–H groups in total. The maximum atomic E-state index is 12.7. The van der Waals surface area contributed by atoms with E-state index < -0.39 is 10.1 Å². The zero-order chi connectivity index (χ0) is 35.0. The summed E-state index contributed by atoms with van der Waals surface area (Å²) in [6.45, 7) is 1.93. The van der Waals surface area contributed by atoms with Gasteiger partial charge in [0, 0.05) is 53.7 Å². The van der Waals surface area contributed by atoms with Crippen molar-refractivity contribution < 1.29 is 17.5 Å². The van der Waals surface area contributed by atoms with E-state index in [1.165, 1.54) is 81.6 Å². The van der Waals surface area contributed by atoms with Gasteiger partial charge in [-0.05, 0) is 90.8 Å². The fourth-order valence-electron chi connectivity index (χ4n) is 8.18. The summed E-state index contributed by atoms with van der Waals surface area (Å²) in [6, 6.07) is 36.4. The highest BCUT2D eigenvalue weighted by Gasteiger charge is 2.26. The second-order valence-corrected chi connectivity index (χ2v) is 15.7. The lowest BCUT2D eigenvalue weighted by Gasteiger charge is -2.31. The van der Waals surface area contributed by atoms with Crippen LogP contribution in [0.5, 0.6) is 0 Å². The van der Waals surface area contributed by atoms with Crippen molar-refractivity contribution in [2.75, 3.05) is 18.0 Å². The highest BCUT2D eigenvalue weighted by Crippen LogP contribution is 2.37. The van der Waals surface area contributed by atoms with E-state index in [4.69, 9.17) is 0 Å². The van der Waals surface area contributed by atoms with Crippen LogP contribution in [0, 0.1) is 11.8 Å². The smallest absolute Gasteiger partial charge is 0.295 e. The molecule has 0 unspecified atom stereocenters. The van der Waals surface area contributed by atoms with Crippen molar-refractivity contribution in [1.29, 1.82) is 0 Å². The third kappa shape index (κ3) is 8.52. The van der Waals surface area contributed by atoms with Crippen LogP contribution in [-0.2, 0) is 10.1 Å². The molecule has 2 fully saturated rings. The third-order valence-corrected chi connectivity index (χ3v) is 11.7. The first-order valence-electron chi connectivity index (χ1n) is 18.7. The predicted molar refractivity (Wildman–Crippen MR) is 210 cm³/mol. The molecular weight excluding hydrogens is 649 g/mol. The van der Waals surface area contributed by atoms with Gasteiger partial charge in [-0.3, -0.25) is 4.55 Å². The fraction of sp³-hybridized carbons (Fsp3) is 0.311. The first kappa shape index (κ1) is 34.9. The molecule has 0 heterocycles. The molecule has 5 nitrogen and oxygen atoms in total. The fourth-order valence-corrected chi connectivity index (χ4v) is 8.88. The normalized spacial score (nSPS) is 17.0. The average molecular weight is 698 g/mol. The zero-order valence-electron chi connectivity index (χ0n) is 29.4. The summed E-state index contributed by atoms with van der Waals surface area (Å²) >= 11 is 0. The number of hydrogen-bond acceptors (Lipinski definition) is 3. The first-order valence-corrected chi connectivity index (χ1v) is 20.2. The minimum atomic E-state index is -4.48. The largest absolute Gasteiger partial charge is 0.341 e. The van der Waals surface area contributed by atoms with Gasteiger partial charge in [0.15, 0.2) is 6.54 Å². The van der Waals surface area contributed by atoms with Crippen molar-refractivity contribution >= 4 is 38.5 Å². The molecule has 0 bridgehead atoms. The number of benzene rings is 4. The molecule has 4 aromatic carbocycles. The lowest BCUT2D eigenvalue weighted by Crippen LogP contribution is -2.26. The van der Waals surface area contributed by atoms with Crippen LogP contribution < -0.4 is 4.90 Å². The highest BCUT2D eigenvalue weighted by molar-refractivity contribution is 7.86. The molecule has 0 radical (unpaired) electrons. The minimum absolute atomic E-state index is 0.0976. The average Bonchev–Trinajstić information content (AvgIpc) is 3.18. The molecule has 0 amide bonds. The van der Waals surface area contributed by atoms with E-state index in [9.17, 15) is 13.0 Å². The second-order valence-electron chi connectivity index (χ2n) is 14.3. The number of nitrogens with zero attached hydrogens (tertiary/aromatic N) is 2. The van der Waals surface area contributed by atoms with Crippen LogP contribution >= 0.6 is 0 Å². The molecule has 4 aromatic rings. The van der Waals surface area contributed by atoms with Crippen molar-refractivity contribution in [3.05, 3.63) is 150 Å². The quantitative estimate of drug-likeness (QED) is 0.132. The Morgan fingerprint density at radius 1 is 0.627 bits per heavy atom. The monoisotopic (exact) mass is 697 g/mol. The predicted octanol–water partition coefficient (Wildman–Crippen LogP) is 10.9. The van der Waals surface area contributed by atoms with Crippen LogP contribution in [0.2, 0.25) is 0 Å². The molecule has 0 aromatic heterocycles. The maximum Gasteiger partial charge on any atom is 0.295 e. The van der Waals surface area contributed by atoms with Crippen LogP contribution in [0.4, 0.5) is 17.1 Å². The Balaban J connectivity index is 1.30. The summed E-state index contributed by atoms with van der Waals surface area (Å²) in [5.41, 5.74) is 7.56. The number of para-hydroxylation sites is 2. The minimum Gasteiger partial charge on any atom is -0.341 e. The van der Waals surface area contributed by atoms with Crippen LogP contribution in [0.1, 0.15) is 75.3 Å². The van der Waals surface area contributed by atoms with E-state index in [2.05, 4.69) is 119 Å².